The molecule has 2 aromatic rings. The highest BCUT2D eigenvalue weighted by molar-refractivity contribution is 5.51. The van der Waals surface area contributed by atoms with Gasteiger partial charge in [0.15, 0.2) is 0 Å². The number of nitrogens with zero attached hydrogens (tertiary/aromatic N) is 1. The van der Waals surface area contributed by atoms with Crippen molar-refractivity contribution < 1.29 is 10.2 Å². The Hall–Kier alpha value is -2.24. The lowest BCUT2D eigenvalue weighted by molar-refractivity contribution is 0.270. The molecule has 2 aliphatic rings. The molecule has 0 aliphatic carbocycles. The lowest BCUT2D eigenvalue weighted by Gasteiger charge is -2.25. The van der Waals surface area contributed by atoms with Crippen LogP contribution in [0.5, 0.6) is 11.5 Å². The van der Waals surface area contributed by atoms with E-state index in [0.29, 0.717) is 12.6 Å². The minimum Gasteiger partial charge on any atom is -0.508 e. The molecule has 1 fully saturated rings. The van der Waals surface area contributed by atoms with Crippen LogP contribution in [0, 0.1) is 0 Å². The third-order valence-electron chi connectivity index (χ3n) is 5.95. The molecule has 28 heavy (non-hydrogen) atoms. The van der Waals surface area contributed by atoms with Crippen molar-refractivity contribution in [2.75, 3.05) is 18.4 Å². The van der Waals surface area contributed by atoms with Crippen LogP contribution in [-0.2, 0) is 19.6 Å². The van der Waals surface area contributed by atoms with Crippen LogP contribution in [0.4, 0.5) is 5.69 Å². The summed E-state index contributed by atoms with van der Waals surface area (Å²) in [6.07, 6.45) is 2.34. The largest absolute Gasteiger partial charge is 0.508 e. The maximum atomic E-state index is 10.3. The fourth-order valence-electron chi connectivity index (χ4n) is 4.34. The van der Waals surface area contributed by atoms with E-state index in [9.17, 15) is 10.2 Å². The van der Waals surface area contributed by atoms with Gasteiger partial charge in [-0.25, -0.2) is 0 Å². The van der Waals surface area contributed by atoms with E-state index in [1.807, 2.05) is 6.07 Å². The average Bonchev–Trinajstić information content (AvgIpc) is 3.06. The summed E-state index contributed by atoms with van der Waals surface area (Å²) in [6, 6.07) is 10.7. The Bertz CT molecular complexity index is 844. The lowest BCUT2D eigenvalue weighted by atomic mass is 9.98. The van der Waals surface area contributed by atoms with Gasteiger partial charge in [-0.05, 0) is 66.7 Å². The van der Waals surface area contributed by atoms with Gasteiger partial charge in [-0.15, -0.1) is 0 Å². The van der Waals surface area contributed by atoms with Gasteiger partial charge in [0, 0.05) is 43.0 Å². The van der Waals surface area contributed by atoms with E-state index in [4.69, 9.17) is 0 Å². The summed E-state index contributed by atoms with van der Waals surface area (Å²) in [5, 5.41) is 27.5. The second kappa shape index (κ2) is 8.02. The smallest absolute Gasteiger partial charge is 0.123 e. The van der Waals surface area contributed by atoms with Gasteiger partial charge < -0.3 is 20.8 Å². The zero-order chi connectivity index (χ0) is 19.7. The van der Waals surface area contributed by atoms with E-state index in [0.717, 1.165) is 37.3 Å². The Morgan fingerprint density at radius 2 is 1.79 bits per heavy atom. The number of phenols is 2. The molecule has 2 heterocycles. The maximum absolute atomic E-state index is 10.3. The Morgan fingerprint density at radius 3 is 2.54 bits per heavy atom. The van der Waals surface area contributed by atoms with E-state index in [-0.39, 0.29) is 17.4 Å². The topological polar surface area (TPSA) is 67.8 Å². The van der Waals surface area contributed by atoms with Gasteiger partial charge in [0.1, 0.15) is 11.5 Å². The third kappa shape index (κ3) is 4.10. The molecule has 0 aromatic heterocycles. The van der Waals surface area contributed by atoms with Crippen LogP contribution in [0.15, 0.2) is 30.3 Å². The number of anilines is 1. The van der Waals surface area contributed by atoms with Crippen LogP contribution in [0.25, 0.3) is 0 Å². The molecule has 5 nitrogen and oxygen atoms in total. The first-order valence-corrected chi connectivity index (χ1v) is 10.4. The van der Waals surface area contributed by atoms with E-state index >= 15 is 0 Å². The Labute approximate surface area is 167 Å². The van der Waals surface area contributed by atoms with E-state index in [2.05, 4.69) is 47.6 Å². The van der Waals surface area contributed by atoms with Crippen LogP contribution in [-0.4, -0.2) is 34.2 Å². The molecule has 0 amide bonds. The molecule has 2 aromatic carbocycles. The van der Waals surface area contributed by atoms with Gasteiger partial charge in [0.05, 0.1) is 0 Å². The van der Waals surface area contributed by atoms with Crippen molar-refractivity contribution in [2.24, 2.45) is 0 Å². The van der Waals surface area contributed by atoms with E-state index in [1.54, 1.807) is 0 Å². The van der Waals surface area contributed by atoms with Crippen molar-refractivity contribution in [3.8, 4) is 11.5 Å². The molecule has 0 radical (unpaired) electrons. The molecule has 150 valence electrons. The Morgan fingerprint density at radius 1 is 1.04 bits per heavy atom. The number of benzene rings is 2. The first kappa shape index (κ1) is 19.1. The van der Waals surface area contributed by atoms with Crippen molar-refractivity contribution in [1.82, 2.24) is 10.2 Å². The molecule has 0 saturated carbocycles. The number of hydrogen-bond donors (Lipinski definition) is 4. The third-order valence-corrected chi connectivity index (χ3v) is 5.95. The fourth-order valence-corrected chi connectivity index (χ4v) is 4.34. The van der Waals surface area contributed by atoms with Crippen LogP contribution >= 0.6 is 0 Å². The predicted octanol–water partition coefficient (Wildman–Crippen LogP) is 3.90. The molecule has 0 spiro atoms. The van der Waals surface area contributed by atoms with Crippen molar-refractivity contribution in [2.45, 2.75) is 58.3 Å². The van der Waals surface area contributed by atoms with Crippen LogP contribution < -0.4 is 10.6 Å². The Balaban J connectivity index is 1.44. The molecule has 0 unspecified atom stereocenters. The SMILES string of the molecule is CC(C)c1cc(CN2Cc3ccc(NC4CCNCC4)cc3C2)c(O)cc1O. The summed E-state index contributed by atoms with van der Waals surface area (Å²) in [4.78, 5) is 2.34. The predicted molar refractivity (Wildman–Crippen MR) is 113 cm³/mol. The molecule has 0 bridgehead atoms. The van der Waals surface area contributed by atoms with Crippen molar-refractivity contribution in [1.29, 1.82) is 0 Å². The molecule has 4 N–H and O–H groups in total. The summed E-state index contributed by atoms with van der Waals surface area (Å²) in [5.74, 6) is 0.569. The van der Waals surface area contributed by atoms with Crippen molar-refractivity contribution in [3.05, 3.63) is 52.6 Å². The molecule has 1 saturated heterocycles. The second-order valence-corrected chi connectivity index (χ2v) is 8.49. The van der Waals surface area contributed by atoms with Gasteiger partial charge in [-0.2, -0.15) is 0 Å². The normalized spacial score (nSPS) is 17.8. The molecule has 5 heteroatoms. The molecular formula is C23H31N3O2. The molecule has 0 atom stereocenters. The molecular weight excluding hydrogens is 350 g/mol. The minimum atomic E-state index is 0.172. The second-order valence-electron chi connectivity index (χ2n) is 8.49. The number of phenolic OH excluding ortho intramolecular Hbond substituents is 2. The lowest BCUT2D eigenvalue weighted by Crippen LogP contribution is -2.35. The van der Waals surface area contributed by atoms with Gasteiger partial charge in [0.25, 0.3) is 0 Å². The summed E-state index contributed by atoms with van der Waals surface area (Å²) < 4.78 is 0. The average molecular weight is 382 g/mol. The fraction of sp³-hybridized carbons (Fsp3) is 0.478. The number of rotatable bonds is 5. The van der Waals surface area contributed by atoms with Crippen LogP contribution in [0.3, 0.4) is 0 Å². The summed E-state index contributed by atoms with van der Waals surface area (Å²) in [7, 11) is 0. The number of aromatic hydroxyl groups is 2. The summed E-state index contributed by atoms with van der Waals surface area (Å²) in [5.41, 5.74) is 5.70. The maximum Gasteiger partial charge on any atom is 0.123 e. The number of hydrogen-bond acceptors (Lipinski definition) is 5. The monoisotopic (exact) mass is 381 g/mol. The highest BCUT2D eigenvalue weighted by Crippen LogP contribution is 2.34. The highest BCUT2D eigenvalue weighted by atomic mass is 16.3. The minimum absolute atomic E-state index is 0.172. The first-order chi connectivity index (χ1) is 13.5. The van der Waals surface area contributed by atoms with Gasteiger partial charge >= 0.3 is 0 Å². The van der Waals surface area contributed by atoms with Crippen LogP contribution in [0.2, 0.25) is 0 Å². The summed E-state index contributed by atoms with van der Waals surface area (Å²) in [6.45, 7) is 8.74. The number of piperidine rings is 1. The van der Waals surface area contributed by atoms with Crippen LogP contribution in [0.1, 0.15) is 54.9 Å². The van der Waals surface area contributed by atoms with Gasteiger partial charge in [0.2, 0.25) is 0 Å². The first-order valence-electron chi connectivity index (χ1n) is 10.4. The number of fused-ring (bicyclic) bond motifs is 1. The van der Waals surface area contributed by atoms with E-state index in [1.165, 1.54) is 35.7 Å². The zero-order valence-electron chi connectivity index (χ0n) is 16.8. The summed E-state index contributed by atoms with van der Waals surface area (Å²) >= 11 is 0. The highest BCUT2D eigenvalue weighted by Gasteiger charge is 2.22. The van der Waals surface area contributed by atoms with Crippen molar-refractivity contribution in [3.63, 3.8) is 0 Å². The van der Waals surface area contributed by atoms with Gasteiger partial charge in [-0.3, -0.25) is 4.90 Å². The zero-order valence-corrected chi connectivity index (χ0v) is 16.8. The number of nitrogens with one attached hydrogen (secondary N) is 2. The Kier molecular flexibility index (Phi) is 5.47. The van der Waals surface area contributed by atoms with Crippen molar-refractivity contribution >= 4 is 5.69 Å². The molecule has 2 aliphatic heterocycles. The quantitative estimate of drug-likeness (QED) is 0.632. The van der Waals surface area contributed by atoms with E-state index < -0.39 is 0 Å². The van der Waals surface area contributed by atoms with Gasteiger partial charge in [-0.1, -0.05) is 19.9 Å². The molecule has 4 rings (SSSR count). The standard InChI is InChI=1S/C23H31N3O2/c1-15(2)21-10-18(22(27)11-23(21)28)14-26-12-16-3-4-20(9-17(16)13-26)25-19-5-7-24-8-6-19/h3-4,9-11,15,19,24-25,27-28H,5-8,12-14H2,1-2H3.